The number of carbonyl (C=O) groups excluding carboxylic acids is 2. The van der Waals surface area contributed by atoms with Crippen LogP contribution in [-0.4, -0.2) is 90.4 Å². The van der Waals surface area contributed by atoms with E-state index in [1.54, 1.807) is 0 Å². The molecule has 0 aliphatic carbocycles. The van der Waals surface area contributed by atoms with Gasteiger partial charge in [0.05, 0.1) is 24.3 Å². The van der Waals surface area contributed by atoms with E-state index in [0.29, 0.717) is 0 Å². The fourth-order valence-electron chi connectivity index (χ4n) is 3.09. The highest BCUT2D eigenvalue weighted by Gasteiger charge is 2.44. The van der Waals surface area contributed by atoms with Crippen LogP contribution in [0, 0.1) is 0 Å². The minimum atomic E-state index is -1.71. The van der Waals surface area contributed by atoms with Crippen LogP contribution >= 0.6 is 0 Å². The van der Waals surface area contributed by atoms with Gasteiger partial charge in [-0.1, -0.05) is 0 Å². The van der Waals surface area contributed by atoms with Crippen LogP contribution in [0.2, 0.25) is 0 Å². The van der Waals surface area contributed by atoms with Crippen LogP contribution in [0.4, 0.5) is 0 Å². The predicted octanol–water partition coefficient (Wildman–Crippen LogP) is -0.577. The van der Waals surface area contributed by atoms with Crippen molar-refractivity contribution in [2.45, 2.75) is 24.4 Å². The van der Waals surface area contributed by atoms with E-state index in [0.717, 1.165) is 24.3 Å². The fourth-order valence-corrected chi connectivity index (χ4v) is 3.09. The third-order valence-electron chi connectivity index (χ3n) is 4.85. The summed E-state index contributed by atoms with van der Waals surface area (Å²) in [4.78, 5) is 24.8. The first-order chi connectivity index (χ1) is 15.5. The number of aromatic hydroxyl groups is 6. The number of esters is 2. The van der Waals surface area contributed by atoms with Crippen molar-refractivity contribution in [1.82, 2.24) is 0 Å². The molecule has 0 unspecified atom stereocenters. The third kappa shape index (κ3) is 4.79. The first-order valence-corrected chi connectivity index (χ1v) is 9.35. The van der Waals surface area contributed by atoms with Gasteiger partial charge in [-0.15, -0.1) is 0 Å². The minimum Gasteiger partial charge on any atom is -0.504 e. The molecule has 1 aliphatic rings. The molecule has 178 valence electrons. The van der Waals surface area contributed by atoms with E-state index in [-0.39, 0.29) is 5.56 Å². The van der Waals surface area contributed by atoms with Crippen molar-refractivity contribution in [3.8, 4) is 34.5 Å². The number of phenols is 6. The molecule has 2 aromatic carbocycles. The molecular weight excluding hydrogens is 448 g/mol. The molecule has 1 fully saturated rings. The maximum atomic E-state index is 12.4. The molecule has 4 atom stereocenters. The van der Waals surface area contributed by atoms with Gasteiger partial charge >= 0.3 is 11.9 Å². The van der Waals surface area contributed by atoms with Crippen LogP contribution in [0.1, 0.15) is 20.7 Å². The van der Waals surface area contributed by atoms with Crippen LogP contribution in [-0.2, 0) is 14.2 Å². The summed E-state index contributed by atoms with van der Waals surface area (Å²) in [6.45, 7) is -1.11. The molecular formula is C20H20O13. The Bertz CT molecular complexity index is 1020. The lowest BCUT2D eigenvalue weighted by Crippen LogP contribution is -2.57. The van der Waals surface area contributed by atoms with E-state index >= 15 is 0 Å². The Hall–Kier alpha value is -3.94. The number of hydrogen-bond donors (Lipinski definition) is 8. The smallest absolute Gasteiger partial charge is 0.338 e. The maximum absolute atomic E-state index is 12.4. The highest BCUT2D eigenvalue weighted by molar-refractivity contribution is 5.92. The lowest BCUT2D eigenvalue weighted by Gasteiger charge is -2.38. The SMILES string of the molecule is O=C(O[C@H]1[C@H](O)[C@@H](OC(=O)c2cc(O)c(O)c(O)c2)CO[C@@H]1CO)c1cc(O)c(O)c(O)c1. The summed E-state index contributed by atoms with van der Waals surface area (Å²) < 4.78 is 15.5. The first kappa shape index (κ1) is 23.7. The Morgan fingerprint density at radius 3 is 1.67 bits per heavy atom. The second kappa shape index (κ2) is 9.28. The van der Waals surface area contributed by atoms with Gasteiger partial charge in [-0.3, -0.25) is 0 Å². The second-order valence-electron chi connectivity index (χ2n) is 7.08. The largest absolute Gasteiger partial charge is 0.504 e. The number of ether oxygens (including phenoxy) is 3. The number of carbonyl (C=O) groups is 2. The van der Waals surface area contributed by atoms with Gasteiger partial charge in [-0.25, -0.2) is 9.59 Å². The van der Waals surface area contributed by atoms with Gasteiger partial charge < -0.3 is 55.1 Å². The molecule has 8 N–H and O–H groups in total. The van der Waals surface area contributed by atoms with Crippen LogP contribution in [0.25, 0.3) is 0 Å². The van der Waals surface area contributed by atoms with Gasteiger partial charge in [0.15, 0.2) is 46.7 Å². The Balaban J connectivity index is 1.77. The van der Waals surface area contributed by atoms with Crippen molar-refractivity contribution in [2.75, 3.05) is 13.2 Å². The summed E-state index contributed by atoms with van der Waals surface area (Å²) >= 11 is 0. The standard InChI is InChI=1S/C20H20O13/c21-5-13-18(33-20(30)8-3-11(24)16(27)12(25)4-8)17(28)14(6-31-13)32-19(29)7-1-9(22)15(26)10(23)2-7/h1-4,13-14,17-18,21-28H,5-6H2/t13-,14+,17-,18-/m1/s1. The van der Waals surface area contributed by atoms with Crippen molar-refractivity contribution >= 4 is 11.9 Å². The number of benzene rings is 2. The van der Waals surface area contributed by atoms with Crippen LogP contribution in [0.3, 0.4) is 0 Å². The normalized spacial score (nSPS) is 22.5. The molecule has 3 rings (SSSR count). The van der Waals surface area contributed by atoms with Gasteiger partial charge in [0.2, 0.25) is 0 Å². The maximum Gasteiger partial charge on any atom is 0.338 e. The van der Waals surface area contributed by atoms with Crippen molar-refractivity contribution in [3.05, 3.63) is 35.4 Å². The number of rotatable bonds is 5. The molecule has 2 aromatic rings. The van der Waals surface area contributed by atoms with E-state index in [1.165, 1.54) is 0 Å². The van der Waals surface area contributed by atoms with Crippen molar-refractivity contribution in [3.63, 3.8) is 0 Å². The minimum absolute atomic E-state index is 0.372. The van der Waals surface area contributed by atoms with Gasteiger partial charge in [-0.2, -0.15) is 0 Å². The zero-order valence-electron chi connectivity index (χ0n) is 16.7. The zero-order valence-corrected chi connectivity index (χ0v) is 16.7. The summed E-state index contributed by atoms with van der Waals surface area (Å²) in [5, 5.41) is 77.0. The van der Waals surface area contributed by atoms with Gasteiger partial charge in [0.1, 0.15) is 12.2 Å². The number of aliphatic hydroxyl groups excluding tert-OH is 2. The summed E-state index contributed by atoms with van der Waals surface area (Å²) in [6.07, 6.45) is -5.91. The molecule has 0 aromatic heterocycles. The molecule has 1 saturated heterocycles. The molecule has 0 bridgehead atoms. The Morgan fingerprint density at radius 2 is 1.24 bits per heavy atom. The average molecular weight is 468 g/mol. The molecule has 0 radical (unpaired) electrons. The summed E-state index contributed by atoms with van der Waals surface area (Å²) in [6, 6.07) is 3.21. The summed E-state index contributed by atoms with van der Waals surface area (Å²) in [5.74, 6) is -7.23. The molecule has 33 heavy (non-hydrogen) atoms. The van der Waals surface area contributed by atoms with Crippen molar-refractivity contribution in [1.29, 1.82) is 0 Å². The van der Waals surface area contributed by atoms with E-state index in [9.17, 15) is 50.4 Å². The van der Waals surface area contributed by atoms with Gasteiger partial charge in [-0.05, 0) is 24.3 Å². The van der Waals surface area contributed by atoms with E-state index in [4.69, 9.17) is 14.2 Å². The number of phenolic OH excluding ortho intramolecular Hbond substituents is 6. The highest BCUT2D eigenvalue weighted by Crippen LogP contribution is 2.37. The summed E-state index contributed by atoms with van der Waals surface area (Å²) in [5.41, 5.74) is -0.774. The lowest BCUT2D eigenvalue weighted by molar-refractivity contribution is -0.196. The van der Waals surface area contributed by atoms with Crippen LogP contribution in [0.15, 0.2) is 24.3 Å². The monoisotopic (exact) mass is 468 g/mol. The van der Waals surface area contributed by atoms with E-state index in [1.807, 2.05) is 0 Å². The number of aliphatic hydroxyl groups is 2. The Labute approximate surface area is 184 Å². The highest BCUT2D eigenvalue weighted by atomic mass is 16.6. The van der Waals surface area contributed by atoms with Gasteiger partial charge in [0.25, 0.3) is 0 Å². The van der Waals surface area contributed by atoms with Crippen molar-refractivity contribution in [2.24, 2.45) is 0 Å². The molecule has 1 heterocycles. The Kier molecular flexibility index (Phi) is 6.67. The molecule has 13 heteroatoms. The number of hydrogen-bond acceptors (Lipinski definition) is 13. The molecule has 13 nitrogen and oxygen atoms in total. The molecule has 0 saturated carbocycles. The quantitative estimate of drug-likeness (QED) is 0.203. The van der Waals surface area contributed by atoms with Crippen LogP contribution in [0.5, 0.6) is 34.5 Å². The summed E-state index contributed by atoms with van der Waals surface area (Å²) in [7, 11) is 0. The van der Waals surface area contributed by atoms with Gasteiger partial charge in [0, 0.05) is 0 Å². The van der Waals surface area contributed by atoms with E-state index in [2.05, 4.69) is 0 Å². The molecule has 1 aliphatic heterocycles. The molecule has 0 amide bonds. The van der Waals surface area contributed by atoms with Crippen molar-refractivity contribution < 1.29 is 64.7 Å². The van der Waals surface area contributed by atoms with E-state index < -0.39 is 89.6 Å². The zero-order chi connectivity index (χ0) is 24.4. The molecule has 0 spiro atoms. The lowest BCUT2D eigenvalue weighted by atomic mass is 9.99. The topological polar surface area (TPSA) is 224 Å². The van der Waals surface area contributed by atoms with Crippen LogP contribution < -0.4 is 0 Å². The fraction of sp³-hybridized carbons (Fsp3) is 0.300. The third-order valence-corrected chi connectivity index (χ3v) is 4.85. The average Bonchev–Trinajstić information content (AvgIpc) is 2.77. The Morgan fingerprint density at radius 1 is 0.818 bits per heavy atom. The first-order valence-electron chi connectivity index (χ1n) is 9.35. The predicted molar refractivity (Wildman–Crippen MR) is 104 cm³/mol. The second-order valence-corrected chi connectivity index (χ2v) is 7.08.